The molecule has 2 fully saturated rings. The van der Waals surface area contributed by atoms with Crippen molar-refractivity contribution in [2.45, 2.75) is 32.6 Å². The van der Waals surface area contributed by atoms with Crippen LogP contribution in [-0.2, 0) is 9.53 Å². The highest BCUT2D eigenvalue weighted by molar-refractivity contribution is 5.79. The Balaban J connectivity index is 1.43. The predicted molar refractivity (Wildman–Crippen MR) is 87.3 cm³/mol. The maximum atomic E-state index is 12.5. The summed E-state index contributed by atoms with van der Waals surface area (Å²) in [7, 11) is 0. The quantitative estimate of drug-likeness (QED) is 0.855. The molecule has 0 atom stereocenters. The third-order valence-corrected chi connectivity index (χ3v) is 4.91. The van der Waals surface area contributed by atoms with Crippen LogP contribution in [-0.4, -0.2) is 48.7 Å². The maximum absolute atomic E-state index is 12.5. The lowest BCUT2D eigenvalue weighted by molar-refractivity contribution is -0.140. The summed E-state index contributed by atoms with van der Waals surface area (Å²) >= 11 is 0. The lowest BCUT2D eigenvalue weighted by Crippen LogP contribution is -2.43. The van der Waals surface area contributed by atoms with Crippen molar-refractivity contribution in [2.75, 3.05) is 32.9 Å². The summed E-state index contributed by atoms with van der Waals surface area (Å²) in [6, 6.07) is 3.93. The fourth-order valence-corrected chi connectivity index (χ4v) is 3.34. The number of aryl methyl sites for hydroxylation is 1. The molecule has 0 unspecified atom stereocenters. The molecule has 0 N–H and O–H groups in total. The third kappa shape index (κ3) is 4.22. The van der Waals surface area contributed by atoms with E-state index in [1.54, 1.807) is 6.20 Å². The minimum atomic E-state index is 0.174. The van der Waals surface area contributed by atoms with Crippen LogP contribution >= 0.6 is 0 Å². The zero-order valence-corrected chi connectivity index (χ0v) is 13.9. The number of pyridine rings is 1. The summed E-state index contributed by atoms with van der Waals surface area (Å²) < 4.78 is 11.2. The van der Waals surface area contributed by atoms with Crippen molar-refractivity contribution in [3.05, 3.63) is 23.9 Å². The van der Waals surface area contributed by atoms with Gasteiger partial charge in [0.15, 0.2) is 0 Å². The summed E-state index contributed by atoms with van der Waals surface area (Å²) in [4.78, 5) is 18.8. The van der Waals surface area contributed by atoms with E-state index in [0.717, 1.165) is 63.4 Å². The molecule has 2 aliphatic heterocycles. The Morgan fingerprint density at radius 3 is 2.74 bits per heavy atom. The van der Waals surface area contributed by atoms with Gasteiger partial charge in [-0.3, -0.25) is 4.79 Å². The number of amides is 1. The topological polar surface area (TPSA) is 51.7 Å². The van der Waals surface area contributed by atoms with Gasteiger partial charge in [-0.25, -0.2) is 4.98 Å². The van der Waals surface area contributed by atoms with Crippen LogP contribution in [0, 0.1) is 18.8 Å². The summed E-state index contributed by atoms with van der Waals surface area (Å²) in [6.07, 6.45) is 5.54. The number of ether oxygens (including phenoxy) is 2. The molecule has 23 heavy (non-hydrogen) atoms. The molecular formula is C18H26N2O3. The average Bonchev–Trinajstić information content (AvgIpc) is 2.62. The van der Waals surface area contributed by atoms with Crippen LogP contribution in [0.15, 0.2) is 18.3 Å². The van der Waals surface area contributed by atoms with Gasteiger partial charge >= 0.3 is 0 Å². The molecule has 2 aliphatic rings. The van der Waals surface area contributed by atoms with E-state index in [4.69, 9.17) is 9.47 Å². The van der Waals surface area contributed by atoms with E-state index in [2.05, 4.69) is 4.98 Å². The molecule has 0 saturated carbocycles. The molecule has 0 radical (unpaired) electrons. The van der Waals surface area contributed by atoms with Crippen LogP contribution in [0.25, 0.3) is 0 Å². The van der Waals surface area contributed by atoms with Gasteiger partial charge < -0.3 is 14.4 Å². The molecule has 5 heteroatoms. The lowest BCUT2D eigenvalue weighted by Gasteiger charge is -2.35. The van der Waals surface area contributed by atoms with Crippen molar-refractivity contribution in [3.8, 4) is 5.88 Å². The van der Waals surface area contributed by atoms with Crippen molar-refractivity contribution in [1.82, 2.24) is 9.88 Å². The van der Waals surface area contributed by atoms with Gasteiger partial charge in [0.1, 0.15) is 0 Å². The normalized spacial score (nSPS) is 20.5. The number of piperidine rings is 1. The Morgan fingerprint density at radius 1 is 1.30 bits per heavy atom. The van der Waals surface area contributed by atoms with E-state index in [0.29, 0.717) is 18.4 Å². The Bertz CT molecular complexity index is 521. The van der Waals surface area contributed by atoms with Gasteiger partial charge in [-0.05, 0) is 44.6 Å². The fraction of sp³-hybridized carbons (Fsp3) is 0.667. The first kappa shape index (κ1) is 16.2. The van der Waals surface area contributed by atoms with Gasteiger partial charge in [-0.2, -0.15) is 0 Å². The third-order valence-electron chi connectivity index (χ3n) is 4.91. The predicted octanol–water partition coefficient (Wildman–Crippen LogP) is 2.43. The minimum absolute atomic E-state index is 0.174. The summed E-state index contributed by atoms with van der Waals surface area (Å²) in [5, 5.41) is 0. The van der Waals surface area contributed by atoms with Crippen LogP contribution in [0.5, 0.6) is 5.88 Å². The molecule has 3 rings (SSSR count). The van der Waals surface area contributed by atoms with E-state index in [1.165, 1.54) is 0 Å². The largest absolute Gasteiger partial charge is 0.477 e. The molecule has 1 amide bonds. The summed E-state index contributed by atoms with van der Waals surface area (Å²) in [6.45, 7) is 5.86. The molecule has 2 saturated heterocycles. The van der Waals surface area contributed by atoms with Gasteiger partial charge in [0, 0.05) is 44.0 Å². The second kappa shape index (κ2) is 7.77. The van der Waals surface area contributed by atoms with Crippen LogP contribution < -0.4 is 4.74 Å². The number of rotatable bonds is 4. The Kier molecular flexibility index (Phi) is 5.49. The lowest BCUT2D eigenvalue weighted by atomic mass is 9.94. The van der Waals surface area contributed by atoms with Crippen molar-refractivity contribution in [3.63, 3.8) is 0 Å². The van der Waals surface area contributed by atoms with Crippen molar-refractivity contribution < 1.29 is 14.3 Å². The van der Waals surface area contributed by atoms with Gasteiger partial charge in [0.2, 0.25) is 11.8 Å². The molecule has 0 aliphatic carbocycles. The highest BCUT2D eigenvalue weighted by Crippen LogP contribution is 2.24. The van der Waals surface area contributed by atoms with E-state index < -0.39 is 0 Å². The second-order valence-corrected chi connectivity index (χ2v) is 6.59. The maximum Gasteiger partial charge on any atom is 0.225 e. The number of hydrogen-bond donors (Lipinski definition) is 0. The van der Waals surface area contributed by atoms with Crippen molar-refractivity contribution >= 4 is 5.91 Å². The number of carbonyl (C=O) groups is 1. The molecular weight excluding hydrogens is 292 g/mol. The highest BCUT2D eigenvalue weighted by Gasteiger charge is 2.29. The number of nitrogens with zero attached hydrogens (tertiary/aromatic N) is 2. The molecule has 0 aromatic carbocycles. The first-order valence-electron chi connectivity index (χ1n) is 8.65. The Hall–Kier alpha value is -1.62. The van der Waals surface area contributed by atoms with E-state index in [1.807, 2.05) is 24.0 Å². The molecule has 1 aromatic rings. The van der Waals surface area contributed by atoms with Crippen LogP contribution in [0.2, 0.25) is 0 Å². The van der Waals surface area contributed by atoms with E-state index in [9.17, 15) is 4.79 Å². The van der Waals surface area contributed by atoms with Crippen LogP contribution in [0.4, 0.5) is 0 Å². The monoisotopic (exact) mass is 318 g/mol. The number of likely N-dealkylation sites (tertiary alicyclic amines) is 1. The zero-order valence-electron chi connectivity index (χ0n) is 13.9. The number of hydrogen-bond acceptors (Lipinski definition) is 4. The SMILES string of the molecule is Cc1cccnc1OCC1CCN(C(=O)C2CCOCC2)CC1. The highest BCUT2D eigenvalue weighted by atomic mass is 16.5. The molecule has 0 bridgehead atoms. The molecule has 0 spiro atoms. The molecule has 5 nitrogen and oxygen atoms in total. The Labute approximate surface area is 138 Å². The van der Waals surface area contributed by atoms with Gasteiger partial charge in [0.05, 0.1) is 6.61 Å². The first-order valence-corrected chi connectivity index (χ1v) is 8.65. The average molecular weight is 318 g/mol. The van der Waals surface area contributed by atoms with Gasteiger partial charge in [0.25, 0.3) is 0 Å². The first-order chi connectivity index (χ1) is 11.2. The standard InChI is InChI=1S/C18H26N2O3/c1-14-3-2-8-19-17(14)23-13-15-4-9-20(10-5-15)18(21)16-6-11-22-12-7-16/h2-3,8,15-16H,4-7,9-13H2,1H3. The van der Waals surface area contributed by atoms with Crippen molar-refractivity contribution in [1.29, 1.82) is 0 Å². The second-order valence-electron chi connectivity index (χ2n) is 6.59. The number of carbonyl (C=O) groups excluding carboxylic acids is 1. The minimum Gasteiger partial charge on any atom is -0.477 e. The van der Waals surface area contributed by atoms with Crippen LogP contribution in [0.1, 0.15) is 31.2 Å². The molecule has 3 heterocycles. The zero-order chi connectivity index (χ0) is 16.1. The molecule has 1 aromatic heterocycles. The smallest absolute Gasteiger partial charge is 0.225 e. The van der Waals surface area contributed by atoms with Gasteiger partial charge in [-0.15, -0.1) is 0 Å². The fourth-order valence-electron chi connectivity index (χ4n) is 3.34. The number of aromatic nitrogens is 1. The summed E-state index contributed by atoms with van der Waals surface area (Å²) in [5.74, 6) is 1.74. The van der Waals surface area contributed by atoms with Crippen molar-refractivity contribution in [2.24, 2.45) is 11.8 Å². The molecule has 126 valence electrons. The van der Waals surface area contributed by atoms with E-state index >= 15 is 0 Å². The van der Waals surface area contributed by atoms with Crippen LogP contribution in [0.3, 0.4) is 0 Å². The summed E-state index contributed by atoms with van der Waals surface area (Å²) in [5.41, 5.74) is 1.07. The van der Waals surface area contributed by atoms with E-state index in [-0.39, 0.29) is 5.92 Å². The Morgan fingerprint density at radius 2 is 2.04 bits per heavy atom. The van der Waals surface area contributed by atoms with Gasteiger partial charge in [-0.1, -0.05) is 6.07 Å².